The lowest BCUT2D eigenvalue weighted by Gasteiger charge is -2.15. The summed E-state index contributed by atoms with van der Waals surface area (Å²) in [6, 6.07) is 3.84. The fourth-order valence-electron chi connectivity index (χ4n) is 1.60. The molecule has 1 atom stereocenters. The molecule has 0 spiro atoms. The first-order valence-corrected chi connectivity index (χ1v) is 5.83. The van der Waals surface area contributed by atoms with Crippen molar-refractivity contribution in [3.8, 4) is 0 Å². The minimum atomic E-state index is -4.33. The Morgan fingerprint density at radius 1 is 1.29 bits per heavy atom. The van der Waals surface area contributed by atoms with E-state index in [0.29, 0.717) is 12.0 Å². The standard InChI is InChI=1S/C12H16F3NS/c1-8(16)3-2-4-9-5-10(12(13,14)15)7-11(17)6-9/h5-8,17H,2-4,16H2,1H3/p-1/t8-/m0/s1. The number of halogens is 3. The third-order valence-electron chi connectivity index (χ3n) is 2.42. The van der Waals surface area contributed by atoms with Gasteiger partial charge in [0.25, 0.3) is 0 Å². The van der Waals surface area contributed by atoms with E-state index in [-0.39, 0.29) is 10.9 Å². The summed E-state index contributed by atoms with van der Waals surface area (Å²) >= 11 is 4.83. The first-order chi connectivity index (χ1) is 7.79. The van der Waals surface area contributed by atoms with Gasteiger partial charge in [-0.3, -0.25) is 0 Å². The molecule has 17 heavy (non-hydrogen) atoms. The van der Waals surface area contributed by atoms with Crippen molar-refractivity contribution < 1.29 is 13.2 Å². The maximum Gasteiger partial charge on any atom is 0.416 e. The van der Waals surface area contributed by atoms with Crippen molar-refractivity contribution in [2.75, 3.05) is 0 Å². The van der Waals surface area contributed by atoms with Gasteiger partial charge in [-0.25, -0.2) is 0 Å². The number of benzene rings is 1. The first-order valence-electron chi connectivity index (χ1n) is 5.43. The number of hydrogen-bond donors (Lipinski definition) is 1. The zero-order valence-electron chi connectivity index (χ0n) is 9.55. The monoisotopic (exact) mass is 262 g/mol. The topological polar surface area (TPSA) is 26.0 Å². The van der Waals surface area contributed by atoms with E-state index >= 15 is 0 Å². The highest BCUT2D eigenvalue weighted by Crippen LogP contribution is 2.31. The molecule has 0 aromatic heterocycles. The molecule has 0 amide bonds. The number of hydrogen-bond acceptors (Lipinski definition) is 2. The van der Waals surface area contributed by atoms with Crippen LogP contribution in [0.4, 0.5) is 13.2 Å². The summed E-state index contributed by atoms with van der Waals surface area (Å²) in [5.74, 6) is 0. The molecule has 0 heterocycles. The second-order valence-electron chi connectivity index (χ2n) is 4.23. The van der Waals surface area contributed by atoms with Crippen LogP contribution in [0.25, 0.3) is 0 Å². The van der Waals surface area contributed by atoms with Gasteiger partial charge in [0.1, 0.15) is 0 Å². The van der Waals surface area contributed by atoms with Crippen molar-refractivity contribution in [3.05, 3.63) is 29.3 Å². The Hall–Kier alpha value is -0.810. The predicted octanol–water partition coefficient (Wildman–Crippen LogP) is 3.28. The minimum absolute atomic E-state index is 0.0729. The smallest absolute Gasteiger partial charge is 0.416 e. The largest absolute Gasteiger partial charge is 0.780 e. The summed E-state index contributed by atoms with van der Waals surface area (Å²) in [4.78, 5) is 0.232. The van der Waals surface area contributed by atoms with Gasteiger partial charge in [0.05, 0.1) is 5.56 Å². The van der Waals surface area contributed by atoms with E-state index in [9.17, 15) is 13.2 Å². The molecule has 0 bridgehead atoms. The molecule has 0 aliphatic carbocycles. The molecule has 0 unspecified atom stereocenters. The number of aryl methyl sites for hydroxylation is 1. The second kappa shape index (κ2) is 5.69. The predicted molar refractivity (Wildman–Crippen MR) is 63.7 cm³/mol. The lowest BCUT2D eigenvalue weighted by atomic mass is 10.0. The number of nitrogens with two attached hydrogens (primary N) is 1. The van der Waals surface area contributed by atoms with E-state index < -0.39 is 11.7 Å². The van der Waals surface area contributed by atoms with Gasteiger partial charge in [-0.05, 0) is 37.8 Å². The van der Waals surface area contributed by atoms with Gasteiger partial charge in [-0.1, -0.05) is 12.1 Å². The summed E-state index contributed by atoms with van der Waals surface area (Å²) in [5.41, 5.74) is 5.55. The van der Waals surface area contributed by atoms with Crippen LogP contribution in [0, 0.1) is 0 Å². The van der Waals surface area contributed by atoms with Crippen LogP contribution in [0.1, 0.15) is 30.9 Å². The molecule has 5 heteroatoms. The molecule has 1 nitrogen and oxygen atoms in total. The van der Waals surface area contributed by atoms with Crippen LogP contribution in [-0.4, -0.2) is 6.04 Å². The maximum absolute atomic E-state index is 12.5. The Labute approximate surface area is 105 Å². The molecule has 0 saturated heterocycles. The van der Waals surface area contributed by atoms with E-state index in [1.54, 1.807) is 6.07 Å². The molecule has 96 valence electrons. The highest BCUT2D eigenvalue weighted by molar-refractivity contribution is 7.58. The highest BCUT2D eigenvalue weighted by Gasteiger charge is 2.30. The molecular formula is C12H15F3NS-. The van der Waals surface area contributed by atoms with Gasteiger partial charge >= 0.3 is 6.18 Å². The van der Waals surface area contributed by atoms with Crippen molar-refractivity contribution in [2.24, 2.45) is 5.73 Å². The third-order valence-corrected chi connectivity index (χ3v) is 2.65. The van der Waals surface area contributed by atoms with Crippen LogP contribution < -0.4 is 5.73 Å². The van der Waals surface area contributed by atoms with Crippen LogP contribution in [0.15, 0.2) is 23.1 Å². The van der Waals surface area contributed by atoms with Crippen LogP contribution >= 0.6 is 0 Å². The van der Waals surface area contributed by atoms with Crippen molar-refractivity contribution in [1.29, 1.82) is 0 Å². The fraction of sp³-hybridized carbons (Fsp3) is 0.500. The van der Waals surface area contributed by atoms with Crippen molar-refractivity contribution in [1.82, 2.24) is 0 Å². The molecule has 1 aromatic rings. The van der Waals surface area contributed by atoms with Gasteiger partial charge in [-0.15, -0.1) is 0 Å². The minimum Gasteiger partial charge on any atom is -0.780 e. The average molecular weight is 262 g/mol. The Bertz CT molecular complexity index is 375. The SMILES string of the molecule is C[C@H](N)CCCc1cc([S-])cc(C(F)(F)F)c1. The fourth-order valence-corrected chi connectivity index (χ4v) is 1.88. The van der Waals surface area contributed by atoms with Gasteiger partial charge in [-0.2, -0.15) is 18.1 Å². The Kier molecular flexibility index (Phi) is 4.77. The van der Waals surface area contributed by atoms with Crippen molar-refractivity contribution in [3.63, 3.8) is 0 Å². The molecule has 0 fully saturated rings. The van der Waals surface area contributed by atoms with E-state index in [1.165, 1.54) is 0 Å². The normalized spacial score (nSPS) is 13.7. The highest BCUT2D eigenvalue weighted by atomic mass is 32.1. The van der Waals surface area contributed by atoms with Crippen LogP contribution in [-0.2, 0) is 25.2 Å². The molecule has 1 rings (SSSR count). The summed E-state index contributed by atoms with van der Waals surface area (Å²) in [6.45, 7) is 1.88. The van der Waals surface area contributed by atoms with E-state index in [4.69, 9.17) is 18.4 Å². The molecule has 0 aliphatic heterocycles. The van der Waals surface area contributed by atoms with Crippen LogP contribution in [0.3, 0.4) is 0 Å². The zero-order chi connectivity index (χ0) is 13.1. The quantitative estimate of drug-likeness (QED) is 0.843. The van der Waals surface area contributed by atoms with E-state index in [0.717, 1.165) is 25.0 Å². The Morgan fingerprint density at radius 2 is 1.94 bits per heavy atom. The number of rotatable bonds is 4. The molecule has 1 aromatic carbocycles. The lowest BCUT2D eigenvalue weighted by molar-refractivity contribution is -0.137. The number of alkyl halides is 3. The van der Waals surface area contributed by atoms with Crippen LogP contribution in [0.2, 0.25) is 0 Å². The Balaban J connectivity index is 2.76. The molecular weight excluding hydrogens is 247 g/mol. The van der Waals surface area contributed by atoms with E-state index in [2.05, 4.69) is 0 Å². The molecule has 0 saturated carbocycles. The van der Waals surface area contributed by atoms with Gasteiger partial charge in [0.15, 0.2) is 0 Å². The zero-order valence-corrected chi connectivity index (χ0v) is 10.4. The third kappa shape index (κ3) is 4.91. The van der Waals surface area contributed by atoms with Gasteiger partial charge < -0.3 is 18.4 Å². The summed E-state index contributed by atoms with van der Waals surface area (Å²) in [7, 11) is 0. The first kappa shape index (κ1) is 14.3. The second-order valence-corrected chi connectivity index (χ2v) is 4.70. The van der Waals surface area contributed by atoms with Gasteiger partial charge in [0.2, 0.25) is 0 Å². The average Bonchev–Trinajstić information content (AvgIpc) is 2.14. The summed E-state index contributed by atoms with van der Waals surface area (Å²) < 4.78 is 37.6. The van der Waals surface area contributed by atoms with Crippen molar-refractivity contribution >= 4 is 12.6 Å². The molecule has 2 N–H and O–H groups in total. The molecule has 0 aliphatic rings. The van der Waals surface area contributed by atoms with Crippen LogP contribution in [0.5, 0.6) is 0 Å². The van der Waals surface area contributed by atoms with Gasteiger partial charge in [0, 0.05) is 6.04 Å². The summed E-state index contributed by atoms with van der Waals surface area (Å²) in [5, 5.41) is 0. The van der Waals surface area contributed by atoms with E-state index in [1.807, 2.05) is 6.92 Å². The lowest BCUT2D eigenvalue weighted by Crippen LogP contribution is -2.14. The Morgan fingerprint density at radius 3 is 2.47 bits per heavy atom. The molecule has 0 radical (unpaired) electrons. The maximum atomic E-state index is 12.5. The van der Waals surface area contributed by atoms with Crippen molar-refractivity contribution in [2.45, 2.75) is 43.3 Å². The summed E-state index contributed by atoms with van der Waals surface area (Å²) in [6.07, 6.45) is -2.18.